The van der Waals surface area contributed by atoms with Crippen molar-refractivity contribution in [2.45, 2.75) is 13.3 Å². The summed E-state index contributed by atoms with van der Waals surface area (Å²) >= 11 is 3.35. The second-order valence-electron chi connectivity index (χ2n) is 4.88. The van der Waals surface area contributed by atoms with Crippen molar-refractivity contribution in [3.05, 3.63) is 16.7 Å². The number of pyridine rings is 1. The van der Waals surface area contributed by atoms with Gasteiger partial charge in [-0.3, -0.25) is 4.79 Å². The topological polar surface area (TPSA) is 79.8 Å². The van der Waals surface area contributed by atoms with E-state index in [1.54, 1.807) is 6.07 Å². The Morgan fingerprint density at radius 1 is 1.55 bits per heavy atom. The zero-order valence-electron chi connectivity index (χ0n) is 13.6. The minimum atomic E-state index is -2.38. The van der Waals surface area contributed by atoms with Gasteiger partial charge in [-0.05, 0) is 34.3 Å². The van der Waals surface area contributed by atoms with Crippen LogP contribution < -0.4 is 10.6 Å². The molecule has 1 amide bonds. The third-order valence-electron chi connectivity index (χ3n) is 3.40. The molecular formula is C13H14BrN5O. The summed E-state index contributed by atoms with van der Waals surface area (Å²) in [4.78, 5) is 16.0. The third-order valence-corrected chi connectivity index (χ3v) is 4.03. The molecule has 2 aromatic rings. The van der Waals surface area contributed by atoms with E-state index in [9.17, 15) is 4.79 Å². The van der Waals surface area contributed by atoms with Crippen molar-refractivity contribution in [2.24, 2.45) is 11.8 Å². The van der Waals surface area contributed by atoms with E-state index in [-0.39, 0.29) is 17.6 Å². The van der Waals surface area contributed by atoms with Gasteiger partial charge in [0.05, 0.1) is 0 Å². The van der Waals surface area contributed by atoms with Gasteiger partial charge in [0.25, 0.3) is 0 Å². The highest BCUT2D eigenvalue weighted by Gasteiger charge is 2.39. The van der Waals surface area contributed by atoms with E-state index in [0.29, 0.717) is 27.1 Å². The normalized spacial score (nSPS) is 23.6. The predicted octanol–water partition coefficient (Wildman–Crippen LogP) is 2.42. The molecule has 0 aromatic carbocycles. The molecule has 6 nitrogen and oxygen atoms in total. The molecule has 0 bridgehead atoms. The molecule has 0 saturated heterocycles. The minimum Gasteiger partial charge on any atom is -0.371 e. The fourth-order valence-corrected chi connectivity index (χ4v) is 2.46. The number of halogens is 1. The molecule has 0 radical (unpaired) electrons. The van der Waals surface area contributed by atoms with E-state index in [2.05, 4.69) is 41.7 Å². The Morgan fingerprint density at radius 2 is 2.35 bits per heavy atom. The molecule has 2 aromatic heterocycles. The lowest BCUT2D eigenvalue weighted by molar-refractivity contribution is -0.117. The Labute approximate surface area is 128 Å². The highest BCUT2D eigenvalue weighted by Crippen LogP contribution is 2.38. The van der Waals surface area contributed by atoms with Gasteiger partial charge in [0.15, 0.2) is 11.6 Å². The molecule has 1 fully saturated rings. The standard InChI is InChI=1S/C13H14BrN5O/c1-6-3-7(6)13(20)17-10-4-8-9(14)5-16-12(15-2)11(8)19-18-10/h4-7H,3H2,1-2H3,(H,15,16)(H,17,18,20)/t6-,7+/m1/s1/i2D3. The lowest BCUT2D eigenvalue weighted by atomic mass is 10.2. The van der Waals surface area contributed by atoms with Crippen molar-refractivity contribution >= 4 is 44.4 Å². The summed E-state index contributed by atoms with van der Waals surface area (Å²) in [6, 6.07) is 1.64. The quantitative estimate of drug-likeness (QED) is 0.898. The zero-order valence-corrected chi connectivity index (χ0v) is 12.2. The molecule has 2 N–H and O–H groups in total. The van der Waals surface area contributed by atoms with E-state index in [1.807, 2.05) is 6.92 Å². The van der Waals surface area contributed by atoms with E-state index in [4.69, 9.17) is 4.11 Å². The Hall–Kier alpha value is -1.76. The molecule has 0 unspecified atom stereocenters. The van der Waals surface area contributed by atoms with E-state index >= 15 is 0 Å². The van der Waals surface area contributed by atoms with Crippen molar-refractivity contribution in [1.82, 2.24) is 15.2 Å². The number of rotatable bonds is 3. The first-order chi connectivity index (χ1) is 10.7. The molecule has 2 heterocycles. The number of nitrogens with zero attached hydrogens (tertiary/aromatic N) is 3. The first-order valence-electron chi connectivity index (χ1n) is 7.65. The van der Waals surface area contributed by atoms with Crippen LogP contribution in [0.2, 0.25) is 0 Å². The van der Waals surface area contributed by atoms with E-state index < -0.39 is 6.98 Å². The maximum atomic E-state index is 12.0. The van der Waals surface area contributed by atoms with Crippen molar-refractivity contribution in [3.63, 3.8) is 0 Å². The largest absolute Gasteiger partial charge is 0.371 e. The molecule has 3 rings (SSSR count). The van der Waals surface area contributed by atoms with Crippen LogP contribution in [0.4, 0.5) is 11.6 Å². The average molecular weight is 339 g/mol. The number of fused-ring (bicyclic) bond motifs is 1. The van der Waals surface area contributed by atoms with Crippen LogP contribution >= 0.6 is 15.9 Å². The van der Waals surface area contributed by atoms with Crippen LogP contribution in [-0.2, 0) is 4.79 Å². The van der Waals surface area contributed by atoms with E-state index in [0.717, 1.165) is 6.42 Å². The van der Waals surface area contributed by atoms with Crippen LogP contribution in [-0.4, -0.2) is 28.1 Å². The van der Waals surface area contributed by atoms with Crippen LogP contribution in [0.5, 0.6) is 0 Å². The number of hydrogen-bond donors (Lipinski definition) is 2. The Balaban J connectivity index is 1.93. The maximum absolute atomic E-state index is 12.0. The van der Waals surface area contributed by atoms with Gasteiger partial charge in [-0.25, -0.2) is 4.98 Å². The highest BCUT2D eigenvalue weighted by atomic mass is 79.9. The molecule has 2 atom stereocenters. The lowest BCUT2D eigenvalue weighted by Gasteiger charge is -2.07. The molecule has 1 aliphatic rings. The summed E-state index contributed by atoms with van der Waals surface area (Å²) in [5.74, 6) is 0.797. The first kappa shape index (κ1) is 10.0. The summed E-state index contributed by atoms with van der Waals surface area (Å²) in [7, 11) is 0. The monoisotopic (exact) mass is 338 g/mol. The van der Waals surface area contributed by atoms with Crippen molar-refractivity contribution in [2.75, 3.05) is 17.6 Å². The minimum absolute atomic E-state index is 0.0289. The number of aromatic nitrogens is 3. The number of hydrogen-bond acceptors (Lipinski definition) is 5. The molecule has 0 spiro atoms. The summed E-state index contributed by atoms with van der Waals surface area (Å²) < 4.78 is 22.4. The Bertz CT molecular complexity index is 782. The third kappa shape index (κ3) is 2.33. The second kappa shape index (κ2) is 4.97. The average Bonchev–Trinajstić information content (AvgIpc) is 3.18. The molecule has 104 valence electrons. The predicted molar refractivity (Wildman–Crippen MR) is 80.5 cm³/mol. The van der Waals surface area contributed by atoms with Gasteiger partial charge in [-0.1, -0.05) is 6.92 Å². The van der Waals surface area contributed by atoms with Crippen molar-refractivity contribution in [3.8, 4) is 0 Å². The number of carbonyl (C=O) groups excluding carboxylic acids is 1. The fraction of sp³-hybridized carbons (Fsp3) is 0.385. The number of anilines is 2. The van der Waals surface area contributed by atoms with Crippen molar-refractivity contribution in [1.29, 1.82) is 0 Å². The fourth-order valence-electron chi connectivity index (χ4n) is 2.06. The van der Waals surface area contributed by atoms with Gasteiger partial charge in [0, 0.05) is 33.1 Å². The summed E-state index contributed by atoms with van der Waals surface area (Å²) in [6.45, 7) is -0.365. The molecule has 7 heteroatoms. The molecular weight excluding hydrogens is 322 g/mol. The van der Waals surface area contributed by atoms with Gasteiger partial charge in [0.2, 0.25) is 5.91 Å². The van der Waals surface area contributed by atoms with Gasteiger partial charge in [0.1, 0.15) is 5.52 Å². The second-order valence-corrected chi connectivity index (χ2v) is 5.73. The van der Waals surface area contributed by atoms with Gasteiger partial charge < -0.3 is 10.6 Å². The van der Waals surface area contributed by atoms with Crippen molar-refractivity contribution < 1.29 is 8.91 Å². The first-order valence-corrected chi connectivity index (χ1v) is 6.95. The molecule has 20 heavy (non-hydrogen) atoms. The Kier molecular flexibility index (Phi) is 2.50. The number of amides is 1. The Morgan fingerprint density at radius 3 is 3.05 bits per heavy atom. The van der Waals surface area contributed by atoms with Gasteiger partial charge in [-0.2, -0.15) is 0 Å². The van der Waals surface area contributed by atoms with Crippen LogP contribution in [0.1, 0.15) is 17.5 Å². The number of carbonyl (C=O) groups is 1. The van der Waals surface area contributed by atoms with Crippen LogP contribution in [0.3, 0.4) is 0 Å². The van der Waals surface area contributed by atoms with Crippen LogP contribution in [0.15, 0.2) is 16.7 Å². The smallest absolute Gasteiger partial charge is 0.228 e. The SMILES string of the molecule is [2H]C([2H])([2H])Nc1ncc(Br)c2cc(NC(=O)[C@H]3C[C@H]3C)nnc12. The zero-order chi connectivity index (χ0) is 16.8. The van der Waals surface area contributed by atoms with E-state index in [1.165, 1.54) is 6.20 Å². The maximum Gasteiger partial charge on any atom is 0.228 e. The molecule has 1 aliphatic carbocycles. The van der Waals surface area contributed by atoms with Gasteiger partial charge in [-0.15, -0.1) is 10.2 Å². The summed E-state index contributed by atoms with van der Waals surface area (Å²) in [6.07, 6.45) is 2.36. The number of nitrogens with one attached hydrogen (secondary N) is 2. The van der Waals surface area contributed by atoms with Gasteiger partial charge >= 0.3 is 0 Å². The summed E-state index contributed by atoms with van der Waals surface area (Å²) in [5, 5.41) is 13.6. The van der Waals surface area contributed by atoms with Crippen LogP contribution in [0.25, 0.3) is 10.9 Å². The lowest BCUT2D eigenvalue weighted by Crippen LogP contribution is -2.15. The molecule has 0 aliphatic heterocycles. The summed E-state index contributed by atoms with van der Waals surface area (Å²) in [5.41, 5.74) is 0.313. The highest BCUT2D eigenvalue weighted by molar-refractivity contribution is 9.10. The van der Waals surface area contributed by atoms with Crippen LogP contribution in [0, 0.1) is 11.8 Å². The molecule has 1 saturated carbocycles.